The fourth-order valence-electron chi connectivity index (χ4n) is 3.36. The first-order valence-electron chi connectivity index (χ1n) is 10.9. The second-order valence-corrected chi connectivity index (χ2v) is 10.8. The Balaban J connectivity index is 1.86. The van der Waals surface area contributed by atoms with Crippen LogP contribution in [0.2, 0.25) is 10.0 Å². The van der Waals surface area contributed by atoms with Crippen LogP contribution in [0.1, 0.15) is 54.7 Å². The van der Waals surface area contributed by atoms with Crippen LogP contribution in [0.25, 0.3) is 11.0 Å². The normalized spacial score (nSPS) is 11.6. The highest BCUT2D eigenvalue weighted by atomic mass is 35.5. The Hall–Kier alpha value is -2.75. The van der Waals surface area contributed by atoms with E-state index < -0.39 is 21.7 Å². The largest absolute Gasteiger partial charge is 0.466 e. The summed E-state index contributed by atoms with van der Waals surface area (Å²) < 4.78 is 31.6. The second kappa shape index (κ2) is 11.3. The Morgan fingerprint density at radius 1 is 1.06 bits per heavy atom. The molecule has 35 heavy (non-hydrogen) atoms. The predicted molar refractivity (Wildman–Crippen MR) is 135 cm³/mol. The maximum atomic E-state index is 13.4. The van der Waals surface area contributed by atoms with E-state index in [-0.39, 0.29) is 46.9 Å². The van der Waals surface area contributed by atoms with E-state index in [1.807, 2.05) is 13.8 Å². The van der Waals surface area contributed by atoms with Crippen molar-refractivity contribution in [2.75, 3.05) is 13.2 Å². The molecule has 0 saturated carbocycles. The Kier molecular flexibility index (Phi) is 8.69. The summed E-state index contributed by atoms with van der Waals surface area (Å²) in [7, 11) is -3.92. The van der Waals surface area contributed by atoms with E-state index >= 15 is 0 Å². The van der Waals surface area contributed by atoms with Crippen LogP contribution < -0.4 is 5.32 Å². The first-order valence-corrected chi connectivity index (χ1v) is 13.3. The number of sulfone groups is 1. The molecule has 11 heteroatoms. The summed E-state index contributed by atoms with van der Waals surface area (Å²) in [4.78, 5) is 32.8. The van der Waals surface area contributed by atoms with Gasteiger partial charge < -0.3 is 10.1 Å². The summed E-state index contributed by atoms with van der Waals surface area (Å²) in [5, 5.41) is 3.04. The molecule has 1 N–H and O–H groups in total. The Labute approximate surface area is 213 Å². The van der Waals surface area contributed by atoms with Crippen molar-refractivity contribution in [2.24, 2.45) is 0 Å². The molecule has 3 aromatic rings. The minimum atomic E-state index is -3.92. The lowest BCUT2D eigenvalue weighted by Crippen LogP contribution is -2.26. The summed E-state index contributed by atoms with van der Waals surface area (Å²) in [5.41, 5.74) is 1.77. The number of benzene rings is 2. The van der Waals surface area contributed by atoms with Gasteiger partial charge in [-0.25, -0.2) is 18.4 Å². The molecule has 0 unspecified atom stereocenters. The van der Waals surface area contributed by atoms with Crippen molar-refractivity contribution in [1.29, 1.82) is 0 Å². The van der Waals surface area contributed by atoms with Crippen LogP contribution in [0.4, 0.5) is 0 Å². The van der Waals surface area contributed by atoms with Gasteiger partial charge in [-0.1, -0.05) is 49.2 Å². The topological polar surface area (TPSA) is 115 Å². The predicted octanol–water partition coefficient (Wildman–Crippen LogP) is 4.72. The minimum absolute atomic E-state index is 0.0431. The van der Waals surface area contributed by atoms with Gasteiger partial charge in [-0.3, -0.25) is 9.59 Å². The number of rotatable bonds is 9. The van der Waals surface area contributed by atoms with Crippen LogP contribution in [-0.2, 0) is 25.1 Å². The zero-order valence-electron chi connectivity index (χ0n) is 19.5. The van der Waals surface area contributed by atoms with Gasteiger partial charge >= 0.3 is 5.97 Å². The Morgan fingerprint density at radius 2 is 1.71 bits per heavy atom. The first-order chi connectivity index (χ1) is 16.5. The molecule has 8 nitrogen and oxygen atoms in total. The maximum Gasteiger partial charge on any atom is 0.307 e. The minimum Gasteiger partial charge on any atom is -0.466 e. The lowest BCUT2D eigenvalue weighted by Gasteiger charge is -2.14. The van der Waals surface area contributed by atoms with Crippen LogP contribution >= 0.6 is 23.2 Å². The quantitative estimate of drug-likeness (QED) is 0.392. The molecule has 0 atom stereocenters. The van der Waals surface area contributed by atoms with Crippen molar-refractivity contribution >= 4 is 55.9 Å². The van der Waals surface area contributed by atoms with Crippen molar-refractivity contribution in [1.82, 2.24) is 15.3 Å². The molecule has 1 aromatic heterocycles. The van der Waals surface area contributed by atoms with Gasteiger partial charge in [0.25, 0.3) is 5.91 Å². The highest BCUT2D eigenvalue weighted by Gasteiger charge is 2.26. The van der Waals surface area contributed by atoms with E-state index in [1.165, 1.54) is 12.1 Å². The number of nitrogens with one attached hydrogen (secondary N) is 1. The fourth-order valence-corrected chi connectivity index (χ4v) is 5.27. The number of carbonyl (C=O) groups is 2. The fraction of sp³-hybridized carbons (Fsp3) is 0.333. The standard InChI is InChI=1S/C24H25Cl2N3O5S/c1-4-34-21(30)8-9-27-23(31)16-7-5-6-15(10-16)13-35(32,33)24-22(14(2)3)28-19-11-17(25)18(26)12-20(19)29-24/h5-7,10-12,14H,4,8-9,13H2,1-3H3,(H,27,31). The van der Waals surface area contributed by atoms with Gasteiger partial charge in [0.1, 0.15) is 0 Å². The Bertz CT molecular complexity index is 1380. The van der Waals surface area contributed by atoms with Gasteiger partial charge in [0.2, 0.25) is 9.84 Å². The van der Waals surface area contributed by atoms with Gasteiger partial charge in [0.05, 0.1) is 45.6 Å². The number of fused-ring (bicyclic) bond motifs is 1. The smallest absolute Gasteiger partial charge is 0.307 e. The first kappa shape index (κ1) is 26.8. The van der Waals surface area contributed by atoms with Crippen LogP contribution in [0.15, 0.2) is 41.4 Å². The number of nitrogens with zero attached hydrogens (tertiary/aromatic N) is 2. The van der Waals surface area contributed by atoms with Crippen molar-refractivity contribution in [3.63, 3.8) is 0 Å². The number of hydrogen-bond acceptors (Lipinski definition) is 7. The number of ether oxygens (including phenoxy) is 1. The lowest BCUT2D eigenvalue weighted by molar-refractivity contribution is -0.142. The molecule has 3 rings (SSSR count). The number of aromatic nitrogens is 2. The third-order valence-electron chi connectivity index (χ3n) is 5.01. The summed E-state index contributed by atoms with van der Waals surface area (Å²) in [6.07, 6.45) is 0.0431. The molecule has 0 aliphatic carbocycles. The summed E-state index contributed by atoms with van der Waals surface area (Å²) in [6, 6.07) is 9.32. The summed E-state index contributed by atoms with van der Waals surface area (Å²) in [6.45, 7) is 5.73. The molecule has 1 heterocycles. The van der Waals surface area contributed by atoms with Gasteiger partial charge in [0.15, 0.2) is 5.03 Å². The van der Waals surface area contributed by atoms with E-state index in [0.29, 0.717) is 27.3 Å². The van der Waals surface area contributed by atoms with E-state index in [4.69, 9.17) is 27.9 Å². The monoisotopic (exact) mass is 537 g/mol. The molecule has 0 aliphatic heterocycles. The molecule has 0 aliphatic rings. The molecule has 1 amide bonds. The molecule has 186 valence electrons. The number of halogens is 2. The van der Waals surface area contributed by atoms with E-state index in [1.54, 1.807) is 31.2 Å². The van der Waals surface area contributed by atoms with E-state index in [9.17, 15) is 18.0 Å². The van der Waals surface area contributed by atoms with Crippen molar-refractivity contribution in [2.45, 2.75) is 43.9 Å². The molecular formula is C24H25Cl2N3O5S. The summed E-state index contributed by atoms with van der Waals surface area (Å²) in [5.74, 6) is -1.43. The molecular weight excluding hydrogens is 513 g/mol. The zero-order valence-corrected chi connectivity index (χ0v) is 21.8. The average Bonchev–Trinajstić information content (AvgIpc) is 2.79. The summed E-state index contributed by atoms with van der Waals surface area (Å²) >= 11 is 12.2. The van der Waals surface area contributed by atoms with Crippen LogP contribution in [-0.4, -0.2) is 43.4 Å². The van der Waals surface area contributed by atoms with Crippen molar-refractivity contribution in [3.8, 4) is 0 Å². The number of carbonyl (C=O) groups excluding carboxylic acids is 2. The lowest BCUT2D eigenvalue weighted by atomic mass is 10.1. The molecule has 0 bridgehead atoms. The molecule has 0 radical (unpaired) electrons. The second-order valence-electron chi connectivity index (χ2n) is 8.09. The van der Waals surface area contributed by atoms with Gasteiger partial charge in [-0.05, 0) is 42.7 Å². The van der Waals surface area contributed by atoms with E-state index in [2.05, 4.69) is 15.3 Å². The van der Waals surface area contributed by atoms with Crippen molar-refractivity contribution in [3.05, 3.63) is 63.3 Å². The zero-order chi connectivity index (χ0) is 25.8. The number of hydrogen-bond donors (Lipinski definition) is 1. The molecule has 0 fully saturated rings. The average molecular weight is 538 g/mol. The van der Waals surface area contributed by atoms with Gasteiger partial charge in [-0.15, -0.1) is 0 Å². The van der Waals surface area contributed by atoms with Gasteiger partial charge in [-0.2, -0.15) is 0 Å². The van der Waals surface area contributed by atoms with Crippen LogP contribution in [0, 0.1) is 0 Å². The highest BCUT2D eigenvalue weighted by molar-refractivity contribution is 7.90. The van der Waals surface area contributed by atoms with Crippen molar-refractivity contribution < 1.29 is 22.7 Å². The molecule has 2 aromatic carbocycles. The number of amides is 1. The highest BCUT2D eigenvalue weighted by Crippen LogP contribution is 2.30. The SMILES string of the molecule is CCOC(=O)CCNC(=O)c1cccc(CS(=O)(=O)c2nc3cc(Cl)c(Cl)cc3nc2C(C)C)c1. The maximum absolute atomic E-state index is 13.4. The Morgan fingerprint density at radius 3 is 2.34 bits per heavy atom. The van der Waals surface area contributed by atoms with Crippen LogP contribution in [0.5, 0.6) is 0 Å². The van der Waals surface area contributed by atoms with E-state index in [0.717, 1.165) is 0 Å². The molecule has 0 saturated heterocycles. The van der Waals surface area contributed by atoms with Crippen LogP contribution in [0.3, 0.4) is 0 Å². The number of esters is 1. The molecule has 0 spiro atoms. The third kappa shape index (κ3) is 6.68. The van der Waals surface area contributed by atoms with Gasteiger partial charge in [0, 0.05) is 12.1 Å². The third-order valence-corrected chi connectivity index (χ3v) is 7.33.